The van der Waals surface area contributed by atoms with Crippen LogP contribution in [0.3, 0.4) is 0 Å². The summed E-state index contributed by atoms with van der Waals surface area (Å²) in [5, 5.41) is 25.4. The Balaban J connectivity index is 0.00000169. The molecule has 0 amide bonds. The molecule has 0 N–H and O–H groups in total. The number of rotatable bonds is 6. The van der Waals surface area contributed by atoms with Crippen molar-refractivity contribution >= 4 is 22.7 Å². The third-order valence-corrected chi connectivity index (χ3v) is 4.75. The van der Waals surface area contributed by atoms with Crippen LogP contribution in [-0.2, 0) is 20.7 Å². The van der Waals surface area contributed by atoms with Gasteiger partial charge in [-0.1, -0.05) is 42.5 Å². The molecular formula is C19H18K2O5. The van der Waals surface area contributed by atoms with Gasteiger partial charge in [-0.3, -0.25) is 0 Å². The van der Waals surface area contributed by atoms with E-state index in [0.717, 1.165) is 17.2 Å². The first kappa shape index (κ1) is 24.9. The topological polar surface area (TPSA) is 89.5 Å². The molecule has 0 aromatic heterocycles. The number of carboxylic acids is 2. The van der Waals surface area contributed by atoms with Crippen LogP contribution in [0.15, 0.2) is 42.5 Å². The van der Waals surface area contributed by atoms with Crippen LogP contribution in [0.1, 0.15) is 24.8 Å². The zero-order chi connectivity index (χ0) is 17.2. The monoisotopic (exact) mass is 404 g/mol. The molecule has 2 aromatic carbocycles. The molecular weight excluding hydrogens is 386 g/mol. The van der Waals surface area contributed by atoms with E-state index in [1.54, 1.807) is 12.1 Å². The Kier molecular flexibility index (Phi) is 10.7. The van der Waals surface area contributed by atoms with Crippen molar-refractivity contribution in [3.63, 3.8) is 0 Å². The van der Waals surface area contributed by atoms with Crippen molar-refractivity contribution in [2.75, 3.05) is 6.61 Å². The summed E-state index contributed by atoms with van der Waals surface area (Å²) in [4.78, 5) is 23.6. The van der Waals surface area contributed by atoms with Crippen LogP contribution in [-0.4, -0.2) is 24.6 Å². The van der Waals surface area contributed by atoms with Crippen LogP contribution < -0.4 is 113 Å². The molecule has 1 fully saturated rings. The van der Waals surface area contributed by atoms with E-state index in [1.807, 2.05) is 30.3 Å². The third-order valence-electron chi connectivity index (χ3n) is 4.75. The van der Waals surface area contributed by atoms with Crippen molar-refractivity contribution in [2.24, 2.45) is 5.41 Å². The molecule has 0 spiro atoms. The minimum Gasteiger partial charge on any atom is -0.549 e. The summed E-state index contributed by atoms with van der Waals surface area (Å²) < 4.78 is 5.45. The fourth-order valence-electron chi connectivity index (χ4n) is 3.43. The molecule has 2 aromatic rings. The van der Waals surface area contributed by atoms with Crippen LogP contribution in [0.2, 0.25) is 0 Å². The molecule has 1 unspecified atom stereocenters. The maximum atomic E-state index is 11.8. The summed E-state index contributed by atoms with van der Waals surface area (Å²) in [5.41, 5.74) is -1.45. The molecule has 7 heteroatoms. The average Bonchev–Trinajstić information content (AvgIpc) is 3.07. The predicted molar refractivity (Wildman–Crippen MR) is 83.7 cm³/mol. The number of fused-ring (bicyclic) bond motifs is 1. The van der Waals surface area contributed by atoms with Gasteiger partial charge in [-0.05, 0) is 42.0 Å². The van der Waals surface area contributed by atoms with E-state index in [4.69, 9.17) is 4.74 Å². The molecule has 5 nitrogen and oxygen atoms in total. The van der Waals surface area contributed by atoms with Gasteiger partial charge in [0.2, 0.25) is 0 Å². The van der Waals surface area contributed by atoms with Gasteiger partial charge in [0.05, 0.1) is 23.5 Å². The molecule has 0 saturated carbocycles. The summed E-state index contributed by atoms with van der Waals surface area (Å²) in [6.07, 6.45) is 0.739. The number of hydrogen-bond donors (Lipinski definition) is 0. The van der Waals surface area contributed by atoms with Crippen molar-refractivity contribution < 1.29 is 127 Å². The van der Waals surface area contributed by atoms with E-state index in [2.05, 4.69) is 0 Å². The van der Waals surface area contributed by atoms with Gasteiger partial charge in [0.1, 0.15) is 0 Å². The molecule has 0 bridgehead atoms. The van der Waals surface area contributed by atoms with Crippen LogP contribution in [0, 0.1) is 5.41 Å². The summed E-state index contributed by atoms with van der Waals surface area (Å²) in [6, 6.07) is 12.9. The molecule has 126 valence electrons. The van der Waals surface area contributed by atoms with Gasteiger partial charge in [-0.2, -0.15) is 0 Å². The molecule has 3 rings (SSSR count). The molecule has 1 aliphatic heterocycles. The second-order valence-electron chi connectivity index (χ2n) is 6.31. The molecule has 1 heterocycles. The second kappa shape index (κ2) is 11.2. The van der Waals surface area contributed by atoms with Gasteiger partial charge >= 0.3 is 103 Å². The Labute approximate surface area is 237 Å². The Morgan fingerprint density at radius 3 is 2.31 bits per heavy atom. The van der Waals surface area contributed by atoms with Crippen molar-refractivity contribution in [3.8, 4) is 0 Å². The number of carbonyl (C=O) groups excluding carboxylic acids is 2. The van der Waals surface area contributed by atoms with E-state index in [9.17, 15) is 19.8 Å². The van der Waals surface area contributed by atoms with E-state index in [-0.39, 0.29) is 116 Å². The number of carbonyl (C=O) groups is 2. The first-order chi connectivity index (χ1) is 11.5. The zero-order valence-corrected chi connectivity index (χ0v) is 21.4. The molecule has 1 atom stereocenters. The predicted octanol–water partition coefficient (Wildman–Crippen LogP) is -5.55. The molecule has 1 saturated heterocycles. The largest absolute Gasteiger partial charge is 1.00 e. The molecule has 0 aliphatic carbocycles. The summed E-state index contributed by atoms with van der Waals surface area (Å²) in [7, 11) is 0. The smallest absolute Gasteiger partial charge is 0.549 e. The molecule has 26 heavy (non-hydrogen) atoms. The van der Waals surface area contributed by atoms with Crippen LogP contribution in [0.5, 0.6) is 0 Å². The number of carboxylic acid groups (broad SMARTS) is 2. The second-order valence-corrected chi connectivity index (χ2v) is 6.31. The normalized spacial score (nSPS) is 16.5. The minimum atomic E-state index is -2.10. The quantitative estimate of drug-likeness (QED) is 0.354. The first-order valence-corrected chi connectivity index (χ1v) is 8.04. The SMILES string of the molecule is O=C([O-])C(Cc1cccc2ccccc12)(CC1CCCO1)C(=O)[O-].[K+].[K+]. The fourth-order valence-corrected chi connectivity index (χ4v) is 3.43. The number of ether oxygens (including phenoxy) is 1. The van der Waals surface area contributed by atoms with Gasteiger partial charge < -0.3 is 24.5 Å². The average molecular weight is 405 g/mol. The number of benzene rings is 2. The van der Waals surface area contributed by atoms with Gasteiger partial charge in [0, 0.05) is 6.61 Å². The Morgan fingerprint density at radius 2 is 1.69 bits per heavy atom. The number of aliphatic carboxylic acids is 2. The van der Waals surface area contributed by atoms with E-state index >= 15 is 0 Å². The Bertz CT molecular complexity index is 752. The fraction of sp³-hybridized carbons (Fsp3) is 0.368. The minimum absolute atomic E-state index is 0. The van der Waals surface area contributed by atoms with Gasteiger partial charge in [0.25, 0.3) is 0 Å². The maximum Gasteiger partial charge on any atom is 1.00 e. The van der Waals surface area contributed by atoms with E-state index in [1.165, 1.54) is 0 Å². The molecule has 1 aliphatic rings. The van der Waals surface area contributed by atoms with Crippen LogP contribution in [0.4, 0.5) is 0 Å². The van der Waals surface area contributed by atoms with Gasteiger partial charge in [0.15, 0.2) is 0 Å². The summed E-state index contributed by atoms with van der Waals surface area (Å²) >= 11 is 0. The maximum absolute atomic E-state index is 11.8. The zero-order valence-electron chi connectivity index (χ0n) is 15.2. The van der Waals surface area contributed by atoms with Crippen LogP contribution in [0.25, 0.3) is 10.8 Å². The number of hydrogen-bond acceptors (Lipinski definition) is 5. The Hall–Kier alpha value is 0.873. The van der Waals surface area contributed by atoms with Crippen molar-refractivity contribution in [3.05, 3.63) is 48.0 Å². The third kappa shape index (κ3) is 5.48. The van der Waals surface area contributed by atoms with E-state index < -0.39 is 23.5 Å². The van der Waals surface area contributed by atoms with Gasteiger partial charge in [-0.25, -0.2) is 0 Å². The Morgan fingerprint density at radius 1 is 1.04 bits per heavy atom. The molecule has 0 radical (unpaired) electrons. The van der Waals surface area contributed by atoms with Gasteiger partial charge in [-0.15, -0.1) is 0 Å². The van der Waals surface area contributed by atoms with Crippen molar-refractivity contribution in [1.82, 2.24) is 0 Å². The first-order valence-electron chi connectivity index (χ1n) is 8.04. The summed E-state index contributed by atoms with van der Waals surface area (Å²) in [6.45, 7) is 0.523. The summed E-state index contributed by atoms with van der Waals surface area (Å²) in [5.74, 6) is -3.24. The van der Waals surface area contributed by atoms with Crippen molar-refractivity contribution in [2.45, 2.75) is 31.8 Å². The van der Waals surface area contributed by atoms with E-state index in [0.29, 0.717) is 18.6 Å². The van der Waals surface area contributed by atoms with Crippen molar-refractivity contribution in [1.29, 1.82) is 0 Å². The standard InChI is InChI=1S/C19H20O5.2K/c20-17(21)19(18(22)23,12-15-8-4-10-24-15)11-14-7-3-6-13-5-1-2-9-16(13)14;;/h1-3,5-7,9,15H,4,8,10-12H2,(H,20,21)(H,22,23);;/q;2*+1/p-2. The van der Waals surface area contributed by atoms with Crippen LogP contribution >= 0.6 is 0 Å².